The summed E-state index contributed by atoms with van der Waals surface area (Å²) in [6.07, 6.45) is 0.747. The van der Waals surface area contributed by atoms with Gasteiger partial charge in [-0.05, 0) is 25.0 Å². The number of thiazole rings is 1. The van der Waals surface area contributed by atoms with Gasteiger partial charge in [0.1, 0.15) is 11.6 Å². The molecule has 0 radical (unpaired) electrons. The Labute approximate surface area is 186 Å². The third-order valence-electron chi connectivity index (χ3n) is 5.88. The van der Waals surface area contributed by atoms with Gasteiger partial charge in [-0.3, -0.25) is 9.69 Å². The van der Waals surface area contributed by atoms with Crippen LogP contribution < -0.4 is 10.6 Å². The molecule has 0 aliphatic carbocycles. The van der Waals surface area contributed by atoms with Gasteiger partial charge in [-0.2, -0.15) is 9.97 Å². The fourth-order valence-electron chi connectivity index (χ4n) is 4.28. The summed E-state index contributed by atoms with van der Waals surface area (Å²) in [5.74, 6) is 1.30. The minimum atomic E-state index is -2.36. The third kappa shape index (κ3) is 3.99. The SMILES string of the molecule is Nc1nc(N2CCC[C@H]2C(=O)N2CCN(CC(F)F)CC2)nc2sc(-c3ccco3)nc12. The van der Waals surface area contributed by atoms with Crippen LogP contribution in [0.25, 0.3) is 21.1 Å². The minimum absolute atomic E-state index is 0.0120. The number of anilines is 2. The lowest BCUT2D eigenvalue weighted by molar-refractivity contribution is -0.134. The molecule has 0 bridgehead atoms. The second-order valence-corrected chi connectivity index (χ2v) is 8.90. The normalized spacial score (nSPS) is 20.0. The molecule has 2 aliphatic rings. The number of hydrogen-bond acceptors (Lipinski definition) is 9. The van der Waals surface area contributed by atoms with Crippen molar-refractivity contribution in [2.45, 2.75) is 25.3 Å². The van der Waals surface area contributed by atoms with E-state index in [1.54, 1.807) is 22.1 Å². The molecular formula is C20H23F2N7O2S. The first-order valence-corrected chi connectivity index (χ1v) is 11.3. The predicted octanol–water partition coefficient (Wildman–Crippen LogP) is 2.31. The van der Waals surface area contributed by atoms with E-state index in [9.17, 15) is 13.6 Å². The van der Waals surface area contributed by atoms with Crippen molar-refractivity contribution in [2.24, 2.45) is 0 Å². The van der Waals surface area contributed by atoms with Crippen LogP contribution in [0.15, 0.2) is 22.8 Å². The average molecular weight is 464 g/mol. The molecule has 0 unspecified atom stereocenters. The Morgan fingerprint density at radius 2 is 2.03 bits per heavy atom. The van der Waals surface area contributed by atoms with Crippen LogP contribution in [0.2, 0.25) is 0 Å². The average Bonchev–Trinajstić information content (AvgIpc) is 3.53. The van der Waals surface area contributed by atoms with Crippen molar-refractivity contribution in [3.8, 4) is 10.8 Å². The maximum atomic E-state index is 13.2. The van der Waals surface area contributed by atoms with E-state index in [2.05, 4.69) is 15.0 Å². The monoisotopic (exact) mass is 463 g/mol. The van der Waals surface area contributed by atoms with Crippen LogP contribution in [0.5, 0.6) is 0 Å². The number of piperazine rings is 1. The van der Waals surface area contributed by atoms with Crippen molar-refractivity contribution in [2.75, 3.05) is 49.9 Å². The van der Waals surface area contributed by atoms with E-state index < -0.39 is 6.43 Å². The van der Waals surface area contributed by atoms with Gasteiger partial charge < -0.3 is 20.0 Å². The number of amides is 1. The zero-order valence-corrected chi connectivity index (χ0v) is 18.1. The maximum Gasteiger partial charge on any atom is 0.251 e. The lowest BCUT2D eigenvalue weighted by Crippen LogP contribution is -2.54. The molecule has 12 heteroatoms. The number of nitrogens with zero attached hydrogens (tertiary/aromatic N) is 6. The number of hydrogen-bond donors (Lipinski definition) is 1. The molecule has 5 heterocycles. The van der Waals surface area contributed by atoms with Crippen LogP contribution in [0.4, 0.5) is 20.5 Å². The minimum Gasteiger partial charge on any atom is -0.462 e. The van der Waals surface area contributed by atoms with Crippen molar-refractivity contribution < 1.29 is 18.0 Å². The van der Waals surface area contributed by atoms with E-state index in [0.717, 1.165) is 6.42 Å². The number of nitrogen functional groups attached to an aromatic ring is 1. The van der Waals surface area contributed by atoms with Crippen LogP contribution in [-0.2, 0) is 4.79 Å². The van der Waals surface area contributed by atoms with E-state index in [-0.39, 0.29) is 24.3 Å². The highest BCUT2D eigenvalue weighted by Gasteiger charge is 2.37. The molecule has 1 atom stereocenters. The summed E-state index contributed by atoms with van der Waals surface area (Å²) < 4.78 is 30.7. The Bertz CT molecular complexity index is 1100. The van der Waals surface area contributed by atoms with E-state index in [4.69, 9.17) is 10.2 Å². The molecular weight excluding hydrogens is 440 g/mol. The molecule has 2 saturated heterocycles. The van der Waals surface area contributed by atoms with Crippen molar-refractivity contribution >= 4 is 39.4 Å². The number of aromatic nitrogens is 3. The van der Waals surface area contributed by atoms with Crippen LogP contribution in [0.1, 0.15) is 12.8 Å². The number of fused-ring (bicyclic) bond motifs is 1. The Hall–Kier alpha value is -2.86. The topological polar surface area (TPSA) is 105 Å². The molecule has 3 aromatic rings. The molecule has 1 amide bonds. The Kier molecular flexibility index (Phi) is 5.64. The molecule has 2 N–H and O–H groups in total. The second-order valence-electron chi connectivity index (χ2n) is 7.93. The lowest BCUT2D eigenvalue weighted by atomic mass is 10.1. The van der Waals surface area contributed by atoms with Gasteiger partial charge in [-0.25, -0.2) is 13.8 Å². The number of halogens is 2. The number of furan rings is 1. The van der Waals surface area contributed by atoms with Gasteiger partial charge in [-0.15, -0.1) is 0 Å². The van der Waals surface area contributed by atoms with E-state index in [1.807, 2.05) is 11.0 Å². The van der Waals surface area contributed by atoms with Crippen molar-refractivity contribution in [1.29, 1.82) is 0 Å². The second kappa shape index (κ2) is 8.58. The summed E-state index contributed by atoms with van der Waals surface area (Å²) >= 11 is 1.36. The van der Waals surface area contributed by atoms with Crippen LogP contribution in [0, 0.1) is 0 Å². The van der Waals surface area contributed by atoms with Gasteiger partial charge in [0.15, 0.2) is 21.4 Å². The Balaban J connectivity index is 1.34. The summed E-state index contributed by atoms with van der Waals surface area (Å²) in [6, 6.07) is 3.22. The molecule has 0 spiro atoms. The zero-order chi connectivity index (χ0) is 22.2. The fraction of sp³-hybridized carbons (Fsp3) is 0.500. The Morgan fingerprint density at radius 1 is 1.22 bits per heavy atom. The fourth-order valence-corrected chi connectivity index (χ4v) is 5.20. The van der Waals surface area contributed by atoms with Gasteiger partial charge in [-0.1, -0.05) is 11.3 Å². The molecule has 0 saturated carbocycles. The van der Waals surface area contributed by atoms with Gasteiger partial charge in [0, 0.05) is 32.7 Å². The largest absolute Gasteiger partial charge is 0.462 e. The standard InChI is InChI=1S/C20H23F2N7O2S/c21-14(22)11-27-6-8-28(9-7-27)19(30)12-3-1-5-29(12)20-25-16(23)15-18(26-20)32-17(24-15)13-4-2-10-31-13/h2,4,10,12,14H,1,3,5-9,11H2,(H2,23,25,26)/t12-/m0/s1. The highest BCUT2D eigenvalue weighted by atomic mass is 32.1. The van der Waals surface area contributed by atoms with Crippen molar-refractivity contribution in [3.05, 3.63) is 18.4 Å². The van der Waals surface area contributed by atoms with Gasteiger partial charge in [0.2, 0.25) is 11.9 Å². The summed E-state index contributed by atoms with van der Waals surface area (Å²) in [5, 5.41) is 0.666. The predicted molar refractivity (Wildman–Crippen MR) is 117 cm³/mol. The quantitative estimate of drug-likeness (QED) is 0.615. The number of rotatable bonds is 5. The molecule has 32 heavy (non-hydrogen) atoms. The van der Waals surface area contributed by atoms with Gasteiger partial charge >= 0.3 is 0 Å². The highest BCUT2D eigenvalue weighted by Crippen LogP contribution is 2.34. The van der Waals surface area contributed by atoms with E-state index in [1.165, 1.54) is 11.3 Å². The van der Waals surface area contributed by atoms with Gasteiger partial charge in [0.25, 0.3) is 6.43 Å². The molecule has 3 aromatic heterocycles. The van der Waals surface area contributed by atoms with Crippen molar-refractivity contribution in [3.63, 3.8) is 0 Å². The first kappa shape index (κ1) is 21.0. The molecule has 2 aliphatic heterocycles. The molecule has 170 valence electrons. The number of carbonyl (C=O) groups excluding carboxylic acids is 1. The van der Waals surface area contributed by atoms with Crippen LogP contribution in [0.3, 0.4) is 0 Å². The molecule has 0 aromatic carbocycles. The maximum absolute atomic E-state index is 13.2. The van der Waals surface area contributed by atoms with Crippen LogP contribution >= 0.6 is 11.3 Å². The highest BCUT2D eigenvalue weighted by molar-refractivity contribution is 7.21. The number of nitrogens with two attached hydrogens (primary N) is 1. The number of alkyl halides is 2. The van der Waals surface area contributed by atoms with Gasteiger partial charge in [0.05, 0.1) is 12.8 Å². The lowest BCUT2D eigenvalue weighted by Gasteiger charge is -2.37. The van der Waals surface area contributed by atoms with E-state index >= 15 is 0 Å². The zero-order valence-electron chi connectivity index (χ0n) is 17.3. The first-order valence-electron chi connectivity index (χ1n) is 10.5. The first-order chi connectivity index (χ1) is 15.5. The van der Waals surface area contributed by atoms with Crippen LogP contribution in [-0.4, -0.2) is 82.4 Å². The van der Waals surface area contributed by atoms with E-state index in [0.29, 0.717) is 66.2 Å². The number of carbonyl (C=O) groups is 1. The van der Waals surface area contributed by atoms with Crippen molar-refractivity contribution in [1.82, 2.24) is 24.8 Å². The summed E-state index contributed by atoms with van der Waals surface area (Å²) in [7, 11) is 0. The molecule has 2 fully saturated rings. The molecule has 5 rings (SSSR count). The summed E-state index contributed by atoms with van der Waals surface area (Å²) in [4.78, 5) is 32.8. The summed E-state index contributed by atoms with van der Waals surface area (Å²) in [6.45, 7) is 2.19. The molecule has 9 nitrogen and oxygen atoms in total. The Morgan fingerprint density at radius 3 is 2.75 bits per heavy atom. The smallest absolute Gasteiger partial charge is 0.251 e. The summed E-state index contributed by atoms with van der Waals surface area (Å²) in [5.41, 5.74) is 6.70. The third-order valence-corrected chi connectivity index (χ3v) is 6.84.